The van der Waals surface area contributed by atoms with Crippen molar-refractivity contribution >= 4 is 22.8 Å². The van der Waals surface area contributed by atoms with Crippen molar-refractivity contribution in [2.45, 2.75) is 19.4 Å². The second-order valence-electron chi connectivity index (χ2n) is 2.05. The zero-order valence-corrected chi connectivity index (χ0v) is 6.93. The molecule has 2 N–H and O–H groups in total. The first kappa shape index (κ1) is 10.4. The molecule has 0 aliphatic rings. The fourth-order valence-electron chi connectivity index (χ4n) is 0.474. The van der Waals surface area contributed by atoms with Gasteiger partial charge in [0.1, 0.15) is 0 Å². The number of aliphatic hydroxyl groups is 1. The number of carbonyl (C=O) groups excluding carboxylic acids is 1. The minimum atomic E-state index is -1.05. The molecule has 11 heavy (non-hydrogen) atoms. The van der Waals surface area contributed by atoms with Gasteiger partial charge in [0.25, 0.3) is 0 Å². The Kier molecular flexibility index (Phi) is 4.89. The topological polar surface area (TPSA) is 74.6 Å². The molecule has 0 aromatic carbocycles. The maximum absolute atomic E-state index is 10.3. The van der Waals surface area contributed by atoms with Crippen molar-refractivity contribution in [3.8, 4) is 0 Å². The molecule has 0 aromatic rings. The third kappa shape index (κ3) is 7.35. The molecule has 0 bridgehead atoms. The maximum Gasteiger partial charge on any atom is 0.306 e. The zero-order chi connectivity index (χ0) is 8.85. The minimum Gasteiger partial charge on any atom is -0.481 e. The molecule has 0 aliphatic carbocycles. The van der Waals surface area contributed by atoms with E-state index in [0.717, 1.165) is 11.8 Å². The summed E-state index contributed by atoms with van der Waals surface area (Å²) in [6.07, 6.45) is -1.23. The zero-order valence-electron chi connectivity index (χ0n) is 6.11. The Labute approximate surface area is 68.6 Å². The molecule has 0 unspecified atom stereocenters. The number of rotatable bonds is 4. The van der Waals surface area contributed by atoms with E-state index in [1.165, 1.54) is 6.92 Å². The van der Waals surface area contributed by atoms with E-state index in [0.29, 0.717) is 0 Å². The molecule has 0 aliphatic heterocycles. The molecule has 64 valence electrons. The molecule has 5 heteroatoms. The molecule has 0 rings (SSSR count). The molecular weight excluding hydrogens is 168 g/mol. The van der Waals surface area contributed by atoms with E-state index in [4.69, 9.17) is 10.2 Å². The Balaban J connectivity index is 3.44. The van der Waals surface area contributed by atoms with Crippen LogP contribution in [-0.2, 0) is 9.59 Å². The normalized spacial score (nSPS) is 12.5. The Hall–Kier alpha value is -0.550. The van der Waals surface area contributed by atoms with Crippen molar-refractivity contribution in [2.24, 2.45) is 0 Å². The number of aliphatic carboxylic acids is 1. The van der Waals surface area contributed by atoms with Gasteiger partial charge in [0, 0.05) is 12.7 Å². The van der Waals surface area contributed by atoms with Gasteiger partial charge in [-0.25, -0.2) is 0 Å². The summed E-state index contributed by atoms with van der Waals surface area (Å²) in [6.45, 7) is 1.37. The highest BCUT2D eigenvalue weighted by Gasteiger charge is 2.09. The van der Waals surface area contributed by atoms with Gasteiger partial charge < -0.3 is 10.2 Å². The maximum atomic E-state index is 10.3. The van der Waals surface area contributed by atoms with Crippen molar-refractivity contribution in [2.75, 3.05) is 5.75 Å². The second kappa shape index (κ2) is 5.15. The highest BCUT2D eigenvalue weighted by Crippen LogP contribution is 2.05. The van der Waals surface area contributed by atoms with Gasteiger partial charge in [-0.3, -0.25) is 9.59 Å². The van der Waals surface area contributed by atoms with E-state index in [1.807, 2.05) is 0 Å². The summed E-state index contributed by atoms with van der Waals surface area (Å²) in [7, 11) is 0. The number of carboxylic acids is 1. The number of thioether (sulfide) groups is 1. The van der Waals surface area contributed by atoms with Crippen LogP contribution < -0.4 is 0 Å². The predicted molar refractivity (Wildman–Crippen MR) is 41.4 cm³/mol. The fraction of sp³-hybridized carbons (Fsp3) is 0.667. The largest absolute Gasteiger partial charge is 0.481 e. The molecule has 0 spiro atoms. The number of carboxylic acid groups (broad SMARTS) is 1. The van der Waals surface area contributed by atoms with Crippen LogP contribution in [0, 0.1) is 0 Å². The lowest BCUT2D eigenvalue weighted by atomic mass is 10.3. The van der Waals surface area contributed by atoms with Crippen LogP contribution in [-0.4, -0.2) is 33.2 Å². The molecule has 0 radical (unpaired) electrons. The quantitative estimate of drug-likeness (QED) is 0.638. The van der Waals surface area contributed by atoms with Crippen LogP contribution in [0.3, 0.4) is 0 Å². The van der Waals surface area contributed by atoms with Crippen molar-refractivity contribution in [1.29, 1.82) is 0 Å². The monoisotopic (exact) mass is 178 g/mol. The summed E-state index contributed by atoms with van der Waals surface area (Å²) in [6, 6.07) is 0. The summed E-state index contributed by atoms with van der Waals surface area (Å²) < 4.78 is 0. The average Bonchev–Trinajstić information content (AvgIpc) is 1.82. The minimum absolute atomic E-state index is 0.116. The van der Waals surface area contributed by atoms with Crippen molar-refractivity contribution < 1.29 is 19.8 Å². The third-order valence-corrected chi connectivity index (χ3v) is 1.85. The lowest BCUT2D eigenvalue weighted by Gasteiger charge is -2.03. The molecule has 1 atom stereocenters. The Morgan fingerprint density at radius 3 is 2.45 bits per heavy atom. The number of hydrogen-bond donors (Lipinski definition) is 2. The Morgan fingerprint density at radius 2 is 2.09 bits per heavy atom. The van der Waals surface area contributed by atoms with Crippen LogP contribution in [0.15, 0.2) is 0 Å². The molecule has 0 aromatic heterocycles. The first-order valence-electron chi connectivity index (χ1n) is 3.05. The summed E-state index contributed by atoms with van der Waals surface area (Å²) in [5, 5.41) is 17.0. The average molecular weight is 178 g/mol. The van der Waals surface area contributed by atoms with Crippen LogP contribution in [0.25, 0.3) is 0 Å². The predicted octanol–water partition coefficient (Wildman–Crippen LogP) is 0.102. The Morgan fingerprint density at radius 1 is 1.55 bits per heavy atom. The summed E-state index contributed by atoms with van der Waals surface area (Å²) in [5.41, 5.74) is 0. The fourth-order valence-corrected chi connectivity index (χ4v) is 1.02. The van der Waals surface area contributed by atoms with Crippen LogP contribution >= 0.6 is 11.8 Å². The van der Waals surface area contributed by atoms with E-state index < -0.39 is 12.1 Å². The van der Waals surface area contributed by atoms with Crippen LogP contribution in [0.4, 0.5) is 0 Å². The van der Waals surface area contributed by atoms with E-state index in [1.54, 1.807) is 0 Å². The standard InChI is InChI=1S/C6H10O4S/c1-4(7)11-3-5(8)2-6(9)10/h5,8H,2-3H2,1H3,(H,9,10)/t5-/m1/s1. The summed E-state index contributed by atoms with van der Waals surface area (Å²) in [4.78, 5) is 20.3. The van der Waals surface area contributed by atoms with Gasteiger partial charge in [0.05, 0.1) is 12.5 Å². The first-order chi connectivity index (χ1) is 5.02. The molecule has 0 heterocycles. The molecule has 0 saturated carbocycles. The highest BCUT2D eigenvalue weighted by molar-refractivity contribution is 8.13. The summed E-state index contributed by atoms with van der Waals surface area (Å²) in [5.74, 6) is -0.900. The van der Waals surface area contributed by atoms with E-state index >= 15 is 0 Å². The van der Waals surface area contributed by atoms with E-state index in [9.17, 15) is 9.59 Å². The molecule has 0 saturated heterocycles. The summed E-state index contributed by atoms with van der Waals surface area (Å²) >= 11 is 0.929. The van der Waals surface area contributed by atoms with Gasteiger partial charge in [0.2, 0.25) is 0 Å². The van der Waals surface area contributed by atoms with Gasteiger partial charge in [-0.05, 0) is 0 Å². The first-order valence-corrected chi connectivity index (χ1v) is 4.04. The molecular formula is C6H10O4S. The van der Waals surface area contributed by atoms with Gasteiger partial charge >= 0.3 is 5.97 Å². The molecule has 0 amide bonds. The number of aliphatic hydroxyl groups excluding tert-OH is 1. The van der Waals surface area contributed by atoms with E-state index in [-0.39, 0.29) is 17.3 Å². The van der Waals surface area contributed by atoms with Crippen molar-refractivity contribution in [3.63, 3.8) is 0 Å². The third-order valence-electron chi connectivity index (χ3n) is 0.889. The lowest BCUT2D eigenvalue weighted by Crippen LogP contribution is -2.15. The van der Waals surface area contributed by atoms with Crippen molar-refractivity contribution in [1.82, 2.24) is 0 Å². The smallest absolute Gasteiger partial charge is 0.306 e. The van der Waals surface area contributed by atoms with Crippen LogP contribution in [0.1, 0.15) is 13.3 Å². The molecule has 0 fully saturated rings. The van der Waals surface area contributed by atoms with E-state index in [2.05, 4.69) is 0 Å². The van der Waals surface area contributed by atoms with Gasteiger partial charge in [-0.15, -0.1) is 0 Å². The van der Waals surface area contributed by atoms with Gasteiger partial charge in [-0.1, -0.05) is 11.8 Å². The van der Waals surface area contributed by atoms with Gasteiger partial charge in [0.15, 0.2) is 5.12 Å². The molecule has 4 nitrogen and oxygen atoms in total. The highest BCUT2D eigenvalue weighted by atomic mass is 32.2. The second-order valence-corrected chi connectivity index (χ2v) is 3.25. The number of carbonyl (C=O) groups is 2. The van der Waals surface area contributed by atoms with Crippen LogP contribution in [0.2, 0.25) is 0 Å². The lowest BCUT2D eigenvalue weighted by molar-refractivity contribution is -0.138. The van der Waals surface area contributed by atoms with Gasteiger partial charge in [-0.2, -0.15) is 0 Å². The van der Waals surface area contributed by atoms with Crippen molar-refractivity contribution in [3.05, 3.63) is 0 Å². The SMILES string of the molecule is CC(=O)SC[C@H](O)CC(=O)O. The Bertz CT molecular complexity index is 157. The number of hydrogen-bond acceptors (Lipinski definition) is 4. The van der Waals surface area contributed by atoms with Crippen LogP contribution in [0.5, 0.6) is 0 Å².